The number of rotatable bonds is 4. The molecular weight excluding hydrogens is 422 g/mol. The Balaban J connectivity index is 1.69. The third kappa shape index (κ3) is 4.15. The summed E-state index contributed by atoms with van der Waals surface area (Å²) < 4.78 is 25.4. The van der Waals surface area contributed by atoms with Crippen LogP contribution in [0.25, 0.3) is 27.6 Å². The van der Waals surface area contributed by atoms with Gasteiger partial charge in [-0.1, -0.05) is 18.2 Å². The van der Waals surface area contributed by atoms with Crippen LogP contribution >= 0.6 is 0 Å². The second-order valence-electron chi connectivity index (χ2n) is 8.31. The van der Waals surface area contributed by atoms with Crippen molar-refractivity contribution >= 4 is 32.1 Å². The number of nitrogens with two attached hydrogens (primary N) is 1. The average Bonchev–Trinajstić information content (AvgIpc) is 3.14. The van der Waals surface area contributed by atoms with Gasteiger partial charge in [0.2, 0.25) is 10.0 Å². The number of nitrogens with zero attached hydrogens (tertiary/aromatic N) is 4. The highest BCUT2D eigenvalue weighted by molar-refractivity contribution is 7.93. The number of aromatic nitrogens is 1. The van der Waals surface area contributed by atoms with Crippen molar-refractivity contribution in [3.63, 3.8) is 0 Å². The average molecular weight is 450 g/mol. The summed E-state index contributed by atoms with van der Waals surface area (Å²) in [6.45, 7) is 5.80. The van der Waals surface area contributed by atoms with E-state index in [1.54, 1.807) is 13.0 Å². The number of hydrogen-bond acceptors (Lipinski definition) is 5. The van der Waals surface area contributed by atoms with Crippen LogP contribution in [0.4, 0.5) is 5.69 Å². The number of benzene rings is 2. The van der Waals surface area contributed by atoms with Gasteiger partial charge in [-0.25, -0.2) is 13.6 Å². The van der Waals surface area contributed by atoms with E-state index in [0.29, 0.717) is 11.3 Å². The summed E-state index contributed by atoms with van der Waals surface area (Å²) in [5, 5.41) is 16.8. The number of nitriles is 1. The van der Waals surface area contributed by atoms with Crippen molar-refractivity contribution in [3.05, 3.63) is 59.1 Å². The Kier molecular flexibility index (Phi) is 5.82. The number of likely N-dealkylation sites (N-methyl/N-ethyl adjacent to an activating group) is 1. The van der Waals surface area contributed by atoms with Crippen LogP contribution in [0.1, 0.15) is 12.6 Å². The molecule has 166 valence electrons. The first kappa shape index (κ1) is 22.1. The molecule has 4 rings (SSSR count). The zero-order valence-corrected chi connectivity index (χ0v) is 19.4. The van der Waals surface area contributed by atoms with E-state index in [2.05, 4.69) is 53.2 Å². The Bertz CT molecular complexity index is 1360. The van der Waals surface area contributed by atoms with Crippen molar-refractivity contribution in [2.45, 2.75) is 6.92 Å². The highest BCUT2D eigenvalue weighted by Crippen LogP contribution is 2.31. The molecular formula is C24H27N5O2S. The lowest BCUT2D eigenvalue weighted by molar-refractivity contribution is 0.313. The number of allylic oxidation sites excluding steroid dienone is 2. The maximum Gasteiger partial charge on any atom is 0.248 e. The van der Waals surface area contributed by atoms with Crippen molar-refractivity contribution in [3.8, 4) is 17.3 Å². The fourth-order valence-electron chi connectivity index (χ4n) is 4.31. The number of primary sulfonamides is 1. The molecule has 3 aromatic rings. The minimum Gasteiger partial charge on any atom is -0.369 e. The highest BCUT2D eigenvalue weighted by atomic mass is 32.2. The van der Waals surface area contributed by atoms with Gasteiger partial charge in [0.1, 0.15) is 6.07 Å². The topological polar surface area (TPSA) is 95.4 Å². The minimum atomic E-state index is -4.08. The standard InChI is InChI=1S/C24H27N5O2S/c1-17(24(16-25)32(26,30)31)22-8-9-23(28(22)3)20-5-4-19-15-21(7-6-18(19)14-20)29-12-10-27(2)11-13-29/h4-9,14-15H,10-13H2,1-3H3,(H2,26,30,31). The van der Waals surface area contributed by atoms with Crippen LogP contribution in [0, 0.1) is 11.3 Å². The molecule has 8 heteroatoms. The lowest BCUT2D eigenvalue weighted by Crippen LogP contribution is -2.44. The van der Waals surface area contributed by atoms with Crippen LogP contribution in [0.2, 0.25) is 0 Å². The maximum atomic E-state index is 11.8. The van der Waals surface area contributed by atoms with Crippen LogP contribution in [0.5, 0.6) is 0 Å². The van der Waals surface area contributed by atoms with E-state index in [9.17, 15) is 13.7 Å². The smallest absolute Gasteiger partial charge is 0.248 e. The molecule has 1 aromatic heterocycles. The summed E-state index contributed by atoms with van der Waals surface area (Å²) in [6, 6.07) is 18.3. The zero-order valence-electron chi connectivity index (χ0n) is 18.5. The summed E-state index contributed by atoms with van der Waals surface area (Å²) in [5.74, 6) is 0. The van der Waals surface area contributed by atoms with Crippen LogP contribution in [-0.2, 0) is 17.1 Å². The summed E-state index contributed by atoms with van der Waals surface area (Å²) in [5.41, 5.74) is 4.15. The van der Waals surface area contributed by atoms with Crippen LogP contribution in [-0.4, -0.2) is 51.1 Å². The number of piperazine rings is 1. The number of sulfonamides is 1. The van der Waals surface area contributed by atoms with Crippen molar-refractivity contribution < 1.29 is 8.42 Å². The van der Waals surface area contributed by atoms with Gasteiger partial charge in [0.25, 0.3) is 0 Å². The molecule has 2 N–H and O–H groups in total. The van der Waals surface area contributed by atoms with Gasteiger partial charge >= 0.3 is 0 Å². The van der Waals surface area contributed by atoms with Crippen molar-refractivity contribution in [1.29, 1.82) is 5.26 Å². The second-order valence-corrected chi connectivity index (χ2v) is 9.81. The third-order valence-corrected chi connectivity index (χ3v) is 7.19. The first-order chi connectivity index (χ1) is 15.2. The molecule has 2 aromatic carbocycles. The van der Waals surface area contributed by atoms with Gasteiger partial charge in [-0.05, 0) is 60.6 Å². The van der Waals surface area contributed by atoms with E-state index in [1.165, 1.54) is 11.1 Å². The Morgan fingerprint density at radius 1 is 0.969 bits per heavy atom. The predicted octanol–water partition coefficient (Wildman–Crippen LogP) is 3.14. The zero-order chi connectivity index (χ0) is 23.0. The minimum absolute atomic E-state index is 0.335. The molecule has 7 nitrogen and oxygen atoms in total. The molecule has 1 aliphatic heterocycles. The number of fused-ring (bicyclic) bond motifs is 1. The number of anilines is 1. The van der Waals surface area contributed by atoms with Crippen LogP contribution in [0.3, 0.4) is 0 Å². The van der Waals surface area contributed by atoms with Gasteiger partial charge in [-0.2, -0.15) is 5.26 Å². The van der Waals surface area contributed by atoms with Crippen molar-refractivity contribution in [2.75, 3.05) is 38.1 Å². The van der Waals surface area contributed by atoms with Crippen LogP contribution < -0.4 is 10.0 Å². The summed E-state index contributed by atoms with van der Waals surface area (Å²) in [6.07, 6.45) is 0. The molecule has 0 saturated carbocycles. The largest absolute Gasteiger partial charge is 0.369 e. The summed E-state index contributed by atoms with van der Waals surface area (Å²) >= 11 is 0. The van der Waals surface area contributed by atoms with Crippen LogP contribution in [0.15, 0.2) is 53.4 Å². The Hall–Kier alpha value is -3.12. The monoisotopic (exact) mass is 449 g/mol. The third-order valence-electron chi connectivity index (χ3n) is 6.22. The van der Waals surface area contributed by atoms with E-state index >= 15 is 0 Å². The molecule has 0 aliphatic carbocycles. The Labute approximate surface area is 189 Å². The fourth-order valence-corrected chi connectivity index (χ4v) is 4.97. The normalized spacial score (nSPS) is 16.2. The SMILES string of the molecule is CC(=C(C#N)S(N)(=O)=O)c1ccc(-c2ccc3cc(N4CCN(C)CC4)ccc3c2)n1C. The molecule has 1 saturated heterocycles. The highest BCUT2D eigenvalue weighted by Gasteiger charge is 2.19. The molecule has 0 unspecified atom stereocenters. The van der Waals surface area contributed by atoms with Gasteiger partial charge < -0.3 is 14.4 Å². The lowest BCUT2D eigenvalue weighted by atomic mass is 10.0. The van der Waals surface area contributed by atoms with E-state index in [1.807, 2.05) is 23.7 Å². The van der Waals surface area contributed by atoms with E-state index < -0.39 is 14.9 Å². The maximum absolute atomic E-state index is 11.8. The summed E-state index contributed by atoms with van der Waals surface area (Å²) in [4.78, 5) is 4.35. The molecule has 0 amide bonds. The molecule has 0 spiro atoms. The molecule has 32 heavy (non-hydrogen) atoms. The first-order valence-corrected chi connectivity index (χ1v) is 12.0. The number of hydrogen-bond donors (Lipinski definition) is 1. The van der Waals surface area contributed by atoms with E-state index in [0.717, 1.165) is 42.8 Å². The van der Waals surface area contributed by atoms with Crippen molar-refractivity contribution in [1.82, 2.24) is 9.47 Å². The first-order valence-electron chi connectivity index (χ1n) is 10.5. The van der Waals surface area contributed by atoms with E-state index in [-0.39, 0.29) is 0 Å². The van der Waals surface area contributed by atoms with Gasteiger partial charge in [0.15, 0.2) is 4.91 Å². The molecule has 0 atom stereocenters. The molecule has 1 fully saturated rings. The van der Waals surface area contributed by atoms with Crippen molar-refractivity contribution in [2.24, 2.45) is 12.2 Å². The lowest BCUT2D eigenvalue weighted by Gasteiger charge is -2.34. The van der Waals surface area contributed by atoms with Gasteiger partial charge in [-0.3, -0.25) is 0 Å². The Morgan fingerprint density at radius 3 is 2.28 bits per heavy atom. The van der Waals surface area contributed by atoms with E-state index in [4.69, 9.17) is 5.14 Å². The molecule has 1 aliphatic rings. The molecule has 0 radical (unpaired) electrons. The summed E-state index contributed by atoms with van der Waals surface area (Å²) in [7, 11) is -0.0728. The second kappa shape index (κ2) is 8.43. The van der Waals surface area contributed by atoms with Gasteiger partial charge in [0.05, 0.1) is 0 Å². The van der Waals surface area contributed by atoms with Gasteiger partial charge in [0, 0.05) is 55.9 Å². The quantitative estimate of drug-likeness (QED) is 0.618. The molecule has 0 bridgehead atoms. The predicted molar refractivity (Wildman–Crippen MR) is 129 cm³/mol. The fraction of sp³-hybridized carbons (Fsp3) is 0.292. The van der Waals surface area contributed by atoms with Gasteiger partial charge in [-0.15, -0.1) is 0 Å². The molecule has 2 heterocycles. The Morgan fingerprint density at radius 2 is 1.62 bits per heavy atom.